The minimum Gasteiger partial charge on any atom is -0.356 e. The molecule has 1 atom stereocenters. The molecule has 2 aromatic heterocycles. The Kier molecular flexibility index (Phi) is 5.28. The molecule has 1 N–H and O–H groups in total. The Bertz CT molecular complexity index is 1230. The zero-order valence-corrected chi connectivity index (χ0v) is 18.5. The van der Waals surface area contributed by atoms with Gasteiger partial charge in [-0.1, -0.05) is 61.2 Å². The molecular weight excluding hydrogens is 406 g/mol. The van der Waals surface area contributed by atoms with E-state index in [4.69, 9.17) is 0 Å². The van der Waals surface area contributed by atoms with Crippen molar-refractivity contribution in [3.05, 3.63) is 77.2 Å². The van der Waals surface area contributed by atoms with Crippen LogP contribution in [0.15, 0.2) is 60.0 Å². The zero-order valence-electron chi connectivity index (χ0n) is 17.7. The number of para-hydroxylation sites is 1. The van der Waals surface area contributed by atoms with Crippen LogP contribution in [0.2, 0.25) is 0 Å². The van der Waals surface area contributed by atoms with Crippen LogP contribution in [0.25, 0.3) is 10.9 Å². The summed E-state index contributed by atoms with van der Waals surface area (Å²) >= 11 is 1.43. The number of aromatic nitrogens is 4. The van der Waals surface area contributed by atoms with Gasteiger partial charge in [0.1, 0.15) is 6.33 Å². The van der Waals surface area contributed by atoms with Gasteiger partial charge < -0.3 is 14.5 Å². The van der Waals surface area contributed by atoms with E-state index in [0.717, 1.165) is 34.8 Å². The first-order valence-electron chi connectivity index (χ1n) is 10.6. The van der Waals surface area contributed by atoms with Gasteiger partial charge in [-0.3, -0.25) is 4.79 Å². The number of fused-ring (bicyclic) bond motifs is 3. The molecule has 1 unspecified atom stereocenters. The summed E-state index contributed by atoms with van der Waals surface area (Å²) in [4.78, 5) is 19.0. The molecule has 1 aliphatic rings. The van der Waals surface area contributed by atoms with E-state index in [1.165, 1.54) is 28.3 Å². The lowest BCUT2D eigenvalue weighted by Gasteiger charge is -2.36. The summed E-state index contributed by atoms with van der Waals surface area (Å²) in [6.45, 7) is 2.86. The van der Waals surface area contributed by atoms with Gasteiger partial charge in [0.25, 0.3) is 0 Å². The van der Waals surface area contributed by atoms with Crippen LogP contribution < -0.4 is 0 Å². The average molecular weight is 432 g/mol. The molecule has 1 aliphatic heterocycles. The number of H-pyrrole nitrogens is 1. The first-order valence-corrected chi connectivity index (χ1v) is 11.6. The van der Waals surface area contributed by atoms with Crippen molar-refractivity contribution in [2.45, 2.75) is 31.0 Å². The van der Waals surface area contributed by atoms with Crippen LogP contribution in [0.4, 0.5) is 0 Å². The lowest BCUT2D eigenvalue weighted by molar-refractivity contribution is -0.130. The topological polar surface area (TPSA) is 66.8 Å². The third kappa shape index (κ3) is 3.63. The number of benzene rings is 2. The number of aryl methyl sites for hydroxylation is 2. The maximum absolute atomic E-state index is 13.4. The molecule has 0 bridgehead atoms. The molecular formula is C24H25N5OS. The summed E-state index contributed by atoms with van der Waals surface area (Å²) in [6, 6.07) is 17.0. The van der Waals surface area contributed by atoms with Gasteiger partial charge in [0, 0.05) is 30.2 Å². The quantitative estimate of drug-likeness (QED) is 0.483. The van der Waals surface area contributed by atoms with Gasteiger partial charge in [-0.2, -0.15) is 0 Å². The number of carbonyl (C=O) groups is 1. The molecule has 0 aliphatic carbocycles. The van der Waals surface area contributed by atoms with E-state index in [1.807, 2.05) is 16.5 Å². The number of hydrogen-bond donors (Lipinski definition) is 1. The molecule has 2 aromatic carbocycles. The molecule has 0 saturated carbocycles. The number of nitrogens with one attached hydrogen (secondary N) is 1. The van der Waals surface area contributed by atoms with Crippen molar-refractivity contribution < 1.29 is 4.79 Å². The Morgan fingerprint density at radius 1 is 1.19 bits per heavy atom. The predicted octanol–water partition coefficient (Wildman–Crippen LogP) is 4.13. The monoisotopic (exact) mass is 431 g/mol. The smallest absolute Gasteiger partial charge is 0.233 e. The van der Waals surface area contributed by atoms with Gasteiger partial charge in [0.15, 0.2) is 5.16 Å². The predicted molar refractivity (Wildman–Crippen MR) is 123 cm³/mol. The minimum absolute atomic E-state index is 0.113. The van der Waals surface area contributed by atoms with E-state index in [2.05, 4.69) is 70.6 Å². The SMILES string of the molecule is CCc1ccc(C2c3[nH]c4ccccc4c3CCN2C(=O)CSc2nncn2C)cc1. The Labute approximate surface area is 185 Å². The van der Waals surface area contributed by atoms with Crippen LogP contribution in [0.1, 0.15) is 35.3 Å². The summed E-state index contributed by atoms with van der Waals surface area (Å²) < 4.78 is 1.84. The van der Waals surface area contributed by atoms with E-state index in [-0.39, 0.29) is 11.9 Å². The van der Waals surface area contributed by atoms with Crippen LogP contribution in [0.5, 0.6) is 0 Å². The summed E-state index contributed by atoms with van der Waals surface area (Å²) in [5.41, 5.74) is 6.03. The Morgan fingerprint density at radius 3 is 2.74 bits per heavy atom. The fourth-order valence-corrected chi connectivity index (χ4v) is 5.18. The maximum Gasteiger partial charge on any atom is 0.233 e. The molecule has 0 fully saturated rings. The van der Waals surface area contributed by atoms with Gasteiger partial charge in [0.2, 0.25) is 5.91 Å². The largest absolute Gasteiger partial charge is 0.356 e. The average Bonchev–Trinajstić information content (AvgIpc) is 3.39. The molecule has 31 heavy (non-hydrogen) atoms. The summed E-state index contributed by atoms with van der Waals surface area (Å²) in [7, 11) is 1.89. The lowest BCUT2D eigenvalue weighted by atomic mass is 9.91. The minimum atomic E-state index is -0.116. The van der Waals surface area contributed by atoms with E-state index in [0.29, 0.717) is 12.3 Å². The number of thioether (sulfide) groups is 1. The van der Waals surface area contributed by atoms with Crippen molar-refractivity contribution in [3.63, 3.8) is 0 Å². The molecule has 4 aromatic rings. The molecule has 3 heterocycles. The van der Waals surface area contributed by atoms with Gasteiger partial charge >= 0.3 is 0 Å². The van der Waals surface area contributed by atoms with E-state index in [9.17, 15) is 4.79 Å². The number of nitrogens with zero attached hydrogens (tertiary/aromatic N) is 4. The van der Waals surface area contributed by atoms with Crippen molar-refractivity contribution in [1.82, 2.24) is 24.6 Å². The standard InChI is InChI=1S/C24H25N5OS/c1-3-16-8-10-17(11-9-16)23-22-19(18-6-4-5-7-20(18)26-22)12-13-29(23)21(30)14-31-24-27-25-15-28(24)2/h4-11,15,23,26H,3,12-14H2,1-2H3. The summed E-state index contributed by atoms with van der Waals surface area (Å²) in [6.07, 6.45) is 3.51. The highest BCUT2D eigenvalue weighted by Gasteiger charge is 2.34. The number of aromatic amines is 1. The normalized spacial score (nSPS) is 15.9. The third-order valence-electron chi connectivity index (χ3n) is 6.05. The third-order valence-corrected chi connectivity index (χ3v) is 7.07. The molecule has 5 rings (SSSR count). The van der Waals surface area contributed by atoms with Crippen molar-refractivity contribution in [2.24, 2.45) is 7.05 Å². The molecule has 1 amide bonds. The molecule has 6 nitrogen and oxygen atoms in total. The highest BCUT2D eigenvalue weighted by atomic mass is 32.2. The second kappa shape index (κ2) is 8.23. The van der Waals surface area contributed by atoms with Gasteiger partial charge in [-0.25, -0.2) is 0 Å². The van der Waals surface area contributed by atoms with E-state index in [1.54, 1.807) is 6.33 Å². The fourth-order valence-electron chi connectivity index (χ4n) is 4.40. The van der Waals surface area contributed by atoms with Crippen LogP contribution in [-0.4, -0.2) is 42.9 Å². The first kappa shape index (κ1) is 19.9. The summed E-state index contributed by atoms with van der Waals surface area (Å²) in [5.74, 6) is 0.452. The Balaban J connectivity index is 1.51. The zero-order chi connectivity index (χ0) is 21.4. The van der Waals surface area contributed by atoms with Crippen molar-refractivity contribution in [1.29, 1.82) is 0 Å². The highest BCUT2D eigenvalue weighted by molar-refractivity contribution is 7.99. The summed E-state index contributed by atoms with van der Waals surface area (Å²) in [5, 5.41) is 10.0. The number of amides is 1. The number of carbonyl (C=O) groups excluding carboxylic acids is 1. The van der Waals surface area contributed by atoms with Gasteiger partial charge in [-0.15, -0.1) is 10.2 Å². The van der Waals surface area contributed by atoms with Crippen molar-refractivity contribution in [3.8, 4) is 0 Å². The molecule has 0 saturated heterocycles. The molecule has 158 valence electrons. The van der Waals surface area contributed by atoms with Crippen LogP contribution >= 0.6 is 11.8 Å². The van der Waals surface area contributed by atoms with Crippen molar-refractivity contribution in [2.75, 3.05) is 12.3 Å². The van der Waals surface area contributed by atoms with Crippen LogP contribution in [0.3, 0.4) is 0 Å². The van der Waals surface area contributed by atoms with E-state index < -0.39 is 0 Å². The van der Waals surface area contributed by atoms with Gasteiger partial charge in [-0.05, 0) is 35.6 Å². The maximum atomic E-state index is 13.4. The number of hydrogen-bond acceptors (Lipinski definition) is 4. The molecule has 7 heteroatoms. The lowest BCUT2D eigenvalue weighted by Crippen LogP contribution is -2.41. The van der Waals surface area contributed by atoms with Crippen molar-refractivity contribution >= 4 is 28.6 Å². The second-order valence-electron chi connectivity index (χ2n) is 7.91. The molecule has 0 spiro atoms. The number of rotatable bonds is 5. The Morgan fingerprint density at radius 2 is 2.00 bits per heavy atom. The van der Waals surface area contributed by atoms with Crippen LogP contribution in [-0.2, 0) is 24.7 Å². The fraction of sp³-hybridized carbons (Fsp3) is 0.292. The van der Waals surface area contributed by atoms with Crippen LogP contribution in [0, 0.1) is 0 Å². The van der Waals surface area contributed by atoms with Gasteiger partial charge in [0.05, 0.1) is 11.8 Å². The second-order valence-corrected chi connectivity index (χ2v) is 8.85. The first-order chi connectivity index (χ1) is 15.2. The Hall–Kier alpha value is -3.06. The van der Waals surface area contributed by atoms with E-state index >= 15 is 0 Å². The molecule has 0 radical (unpaired) electrons. The highest BCUT2D eigenvalue weighted by Crippen LogP contribution is 2.39.